The van der Waals surface area contributed by atoms with Gasteiger partial charge < -0.3 is 14.7 Å². The van der Waals surface area contributed by atoms with Crippen LogP contribution in [0.4, 0.5) is 51.2 Å². The first-order chi connectivity index (χ1) is 40.1. The van der Waals surface area contributed by atoms with E-state index >= 15 is 0 Å². The van der Waals surface area contributed by atoms with E-state index in [1.165, 1.54) is 100 Å². The zero-order valence-electron chi connectivity index (χ0n) is 49.2. The standard InChI is InChI=1S/C79H70BN3/c1-76(2,3)54-38-41-60(42-39-54)82-72-52-62(81(59-32-20-13-21-33-59)70-37-25-23-34-63(70)53-26-14-10-15-27-53)44-46-68(72)80-69-48-57(77(4,5)6)40-47-71(69)83(74-50-58(78(7,8)9)49-73(82)75(74)80)61-43-45-65-64-35-22-24-36-66(64)79(67(65)51-61,55-28-16-11-17-29-55)56-30-18-12-19-31-56/h10-52H,1-9H3. The van der Waals surface area contributed by atoms with Crippen LogP contribution in [0.5, 0.6) is 0 Å². The molecule has 0 aromatic heterocycles. The summed E-state index contributed by atoms with van der Waals surface area (Å²) in [6.45, 7) is 21.0. The largest absolute Gasteiger partial charge is 0.311 e. The van der Waals surface area contributed by atoms with Crippen molar-refractivity contribution in [2.45, 2.75) is 84.0 Å². The Morgan fingerprint density at radius 2 is 0.855 bits per heavy atom. The topological polar surface area (TPSA) is 9.72 Å². The Hall–Kier alpha value is -9.12. The van der Waals surface area contributed by atoms with Crippen LogP contribution in [0.2, 0.25) is 0 Å². The maximum absolute atomic E-state index is 2.63. The van der Waals surface area contributed by atoms with E-state index in [4.69, 9.17) is 0 Å². The first kappa shape index (κ1) is 52.0. The molecule has 4 heteroatoms. The fourth-order valence-electron chi connectivity index (χ4n) is 13.8. The highest BCUT2D eigenvalue weighted by Crippen LogP contribution is 2.58. The zero-order chi connectivity index (χ0) is 57.0. The van der Waals surface area contributed by atoms with Gasteiger partial charge in [0.1, 0.15) is 0 Å². The quantitative estimate of drug-likeness (QED) is 0.140. The molecule has 83 heavy (non-hydrogen) atoms. The van der Waals surface area contributed by atoms with Crippen LogP contribution in [-0.4, -0.2) is 6.71 Å². The predicted octanol–water partition coefficient (Wildman–Crippen LogP) is 19.2. The molecule has 11 aromatic rings. The molecule has 0 N–H and O–H groups in total. The van der Waals surface area contributed by atoms with Crippen molar-refractivity contribution in [3.63, 3.8) is 0 Å². The molecular weight excluding hydrogens is 1000 g/mol. The van der Waals surface area contributed by atoms with Gasteiger partial charge in [-0.15, -0.1) is 0 Å². The van der Waals surface area contributed by atoms with Gasteiger partial charge in [0.05, 0.1) is 11.1 Å². The summed E-state index contributed by atoms with van der Waals surface area (Å²) < 4.78 is 0. The fourth-order valence-corrected chi connectivity index (χ4v) is 13.8. The first-order valence-corrected chi connectivity index (χ1v) is 29.6. The van der Waals surface area contributed by atoms with Gasteiger partial charge >= 0.3 is 0 Å². The summed E-state index contributed by atoms with van der Waals surface area (Å²) in [5, 5.41) is 0. The van der Waals surface area contributed by atoms with Crippen LogP contribution in [0.1, 0.15) is 101 Å². The highest BCUT2D eigenvalue weighted by atomic mass is 15.2. The number of hydrogen-bond acceptors (Lipinski definition) is 3. The maximum Gasteiger partial charge on any atom is 0.252 e. The summed E-state index contributed by atoms with van der Waals surface area (Å²) in [4.78, 5) is 7.70. The van der Waals surface area contributed by atoms with Crippen LogP contribution in [0.3, 0.4) is 0 Å². The number of hydrogen-bond donors (Lipinski definition) is 0. The highest BCUT2D eigenvalue weighted by Gasteiger charge is 2.48. The molecule has 0 amide bonds. The number of rotatable bonds is 8. The van der Waals surface area contributed by atoms with Gasteiger partial charge in [-0.25, -0.2) is 0 Å². The highest BCUT2D eigenvalue weighted by molar-refractivity contribution is 7.00. The molecule has 0 atom stereocenters. The molecule has 3 aliphatic rings. The first-order valence-electron chi connectivity index (χ1n) is 29.6. The Kier molecular flexibility index (Phi) is 12.2. The van der Waals surface area contributed by atoms with Crippen molar-refractivity contribution in [1.82, 2.24) is 0 Å². The van der Waals surface area contributed by atoms with E-state index in [1.54, 1.807) is 0 Å². The zero-order valence-corrected chi connectivity index (χ0v) is 49.2. The van der Waals surface area contributed by atoms with Crippen molar-refractivity contribution in [1.29, 1.82) is 0 Å². The van der Waals surface area contributed by atoms with Crippen LogP contribution < -0.4 is 31.1 Å². The van der Waals surface area contributed by atoms with Crippen LogP contribution in [0.15, 0.2) is 261 Å². The lowest BCUT2D eigenvalue weighted by atomic mass is 9.33. The SMILES string of the molecule is CC(C)(C)c1ccc(N2c3cc(N(c4ccccc4)c4ccccc4-c4ccccc4)ccc3B3c4cc(C(C)(C)C)ccc4N(c4ccc5c(c4)C(c4ccccc4)(c4ccccc4)c4ccccc4-5)c4cc(C(C)(C)C)cc2c43)cc1. The van der Waals surface area contributed by atoms with Crippen molar-refractivity contribution in [3.8, 4) is 22.3 Å². The third-order valence-corrected chi connectivity index (χ3v) is 18.0. The Bertz CT molecular complexity index is 4220. The third kappa shape index (κ3) is 8.47. The number of fused-ring (bicyclic) bond motifs is 7. The minimum absolute atomic E-state index is 0.0188. The lowest BCUT2D eigenvalue weighted by Gasteiger charge is -2.46. The molecule has 404 valence electrons. The summed E-state index contributed by atoms with van der Waals surface area (Å²) in [5.41, 5.74) is 27.3. The van der Waals surface area contributed by atoms with Crippen molar-refractivity contribution in [2.75, 3.05) is 14.7 Å². The number of anilines is 9. The molecule has 0 saturated carbocycles. The molecule has 2 aliphatic heterocycles. The average Bonchev–Trinajstić information content (AvgIpc) is 1.98. The summed E-state index contributed by atoms with van der Waals surface area (Å²) in [6.07, 6.45) is 0. The molecule has 2 heterocycles. The van der Waals surface area contributed by atoms with Gasteiger partial charge in [0, 0.05) is 51.1 Å². The summed E-state index contributed by atoms with van der Waals surface area (Å²) in [7, 11) is 0. The third-order valence-electron chi connectivity index (χ3n) is 18.0. The van der Waals surface area contributed by atoms with Crippen LogP contribution in [0.25, 0.3) is 22.3 Å². The van der Waals surface area contributed by atoms with Crippen LogP contribution in [-0.2, 0) is 21.7 Å². The Morgan fingerprint density at radius 3 is 1.48 bits per heavy atom. The van der Waals surface area contributed by atoms with E-state index in [1.807, 2.05) is 0 Å². The van der Waals surface area contributed by atoms with Crippen molar-refractivity contribution in [3.05, 3.63) is 300 Å². The minimum Gasteiger partial charge on any atom is -0.311 e. The second-order valence-corrected chi connectivity index (χ2v) is 26.2. The minimum atomic E-state index is -0.559. The summed E-state index contributed by atoms with van der Waals surface area (Å²) in [5.74, 6) is 0. The molecule has 3 nitrogen and oxygen atoms in total. The molecule has 0 fully saturated rings. The van der Waals surface area contributed by atoms with Gasteiger partial charge in [-0.05, 0) is 161 Å². The normalized spacial score (nSPS) is 13.9. The van der Waals surface area contributed by atoms with Crippen molar-refractivity contribution < 1.29 is 0 Å². The molecule has 14 rings (SSSR count). The van der Waals surface area contributed by atoms with Gasteiger partial charge in [-0.1, -0.05) is 250 Å². The second-order valence-electron chi connectivity index (χ2n) is 26.2. The Morgan fingerprint density at radius 1 is 0.337 bits per heavy atom. The predicted molar refractivity (Wildman–Crippen MR) is 354 cm³/mol. The lowest BCUT2D eigenvalue weighted by molar-refractivity contribution is 0.590. The van der Waals surface area contributed by atoms with Gasteiger partial charge in [0.2, 0.25) is 0 Å². The van der Waals surface area contributed by atoms with Crippen LogP contribution >= 0.6 is 0 Å². The van der Waals surface area contributed by atoms with E-state index in [2.05, 4.69) is 338 Å². The van der Waals surface area contributed by atoms with Gasteiger partial charge in [-0.3, -0.25) is 0 Å². The molecule has 0 unspecified atom stereocenters. The van der Waals surface area contributed by atoms with E-state index in [0.29, 0.717) is 0 Å². The molecule has 0 saturated heterocycles. The molecule has 0 spiro atoms. The van der Waals surface area contributed by atoms with Gasteiger partial charge in [0.15, 0.2) is 0 Å². The molecule has 1 aliphatic carbocycles. The Balaban J connectivity index is 1.06. The van der Waals surface area contributed by atoms with E-state index in [-0.39, 0.29) is 23.0 Å². The molecular formula is C79H70BN3. The van der Waals surface area contributed by atoms with Crippen molar-refractivity contribution in [2.24, 2.45) is 0 Å². The number of benzene rings is 11. The average molecular weight is 1070 g/mol. The van der Waals surface area contributed by atoms with Crippen molar-refractivity contribution >= 4 is 74.3 Å². The van der Waals surface area contributed by atoms with E-state index in [0.717, 1.165) is 28.4 Å². The summed E-state index contributed by atoms with van der Waals surface area (Å²) in [6, 6.07) is 98.7. The molecule has 0 radical (unpaired) electrons. The van der Waals surface area contributed by atoms with Gasteiger partial charge in [-0.2, -0.15) is 0 Å². The fraction of sp³-hybridized carbons (Fsp3) is 0.165. The van der Waals surface area contributed by atoms with E-state index in [9.17, 15) is 0 Å². The lowest BCUT2D eigenvalue weighted by Crippen LogP contribution is -2.61. The monoisotopic (exact) mass is 1070 g/mol. The second kappa shape index (κ2) is 19.5. The van der Waals surface area contributed by atoms with Gasteiger partial charge in [0.25, 0.3) is 6.71 Å². The number of nitrogens with zero attached hydrogens (tertiary/aromatic N) is 3. The summed E-state index contributed by atoms with van der Waals surface area (Å²) >= 11 is 0. The maximum atomic E-state index is 2.63. The van der Waals surface area contributed by atoms with E-state index < -0.39 is 5.41 Å². The Labute approximate surface area is 492 Å². The van der Waals surface area contributed by atoms with Crippen LogP contribution in [0, 0.1) is 0 Å². The molecule has 0 bridgehead atoms. The number of para-hydroxylation sites is 2. The smallest absolute Gasteiger partial charge is 0.252 e. The molecule has 11 aromatic carbocycles.